The number of aromatic nitrogens is 2. The monoisotopic (exact) mass is 328 g/mol. The lowest BCUT2D eigenvalue weighted by Crippen LogP contribution is -2.40. The Bertz CT molecular complexity index is 781. The summed E-state index contributed by atoms with van der Waals surface area (Å²) in [5.41, 5.74) is 0.733. The Morgan fingerprint density at radius 2 is 1.92 bits per heavy atom. The van der Waals surface area contributed by atoms with Crippen LogP contribution >= 0.6 is 0 Å². The molecule has 1 atom stereocenters. The average molecular weight is 328 g/mol. The van der Waals surface area contributed by atoms with E-state index in [-0.39, 0.29) is 24.3 Å². The van der Waals surface area contributed by atoms with Gasteiger partial charge in [0, 0.05) is 5.92 Å². The quantitative estimate of drug-likeness (QED) is 0.871. The van der Waals surface area contributed by atoms with E-state index in [9.17, 15) is 9.59 Å². The normalized spacial score (nSPS) is 20.8. The van der Waals surface area contributed by atoms with Crippen molar-refractivity contribution in [2.24, 2.45) is 0 Å². The van der Waals surface area contributed by atoms with Crippen LogP contribution in [0.2, 0.25) is 0 Å². The van der Waals surface area contributed by atoms with Gasteiger partial charge in [-0.3, -0.25) is 9.69 Å². The zero-order valence-electron chi connectivity index (χ0n) is 14.2. The smallest absolute Gasteiger partial charge is 0.325 e. The van der Waals surface area contributed by atoms with Crippen LogP contribution in [0.3, 0.4) is 0 Å². The van der Waals surface area contributed by atoms with Crippen molar-refractivity contribution in [1.82, 2.24) is 20.4 Å². The molecule has 1 aliphatic heterocycles. The summed E-state index contributed by atoms with van der Waals surface area (Å²) in [5, 5.41) is 6.62. The molecule has 0 aliphatic carbocycles. The van der Waals surface area contributed by atoms with E-state index in [1.165, 1.54) is 0 Å². The standard InChI is InChI=1S/C17H20N4O3/c1-10(2)14-18-13(24-20-14)9-21-15(22)17(4,19-16(21)23)12-7-5-11(3)6-8-12/h5-8,10H,9H2,1-4H3,(H,19,23)/t17-/m0/s1. The number of carbonyl (C=O) groups excluding carboxylic acids is 2. The maximum absolute atomic E-state index is 12.8. The van der Waals surface area contributed by atoms with Crippen molar-refractivity contribution in [3.63, 3.8) is 0 Å². The third-order valence-corrected chi connectivity index (χ3v) is 4.20. The lowest BCUT2D eigenvalue weighted by molar-refractivity contribution is -0.131. The van der Waals surface area contributed by atoms with Gasteiger partial charge >= 0.3 is 6.03 Å². The van der Waals surface area contributed by atoms with E-state index in [1.54, 1.807) is 6.92 Å². The van der Waals surface area contributed by atoms with Crippen LogP contribution in [0.15, 0.2) is 28.8 Å². The summed E-state index contributed by atoms with van der Waals surface area (Å²) < 4.78 is 5.14. The SMILES string of the molecule is Cc1ccc([C@]2(C)NC(=O)N(Cc3nc(C(C)C)no3)C2=O)cc1. The molecule has 2 heterocycles. The average Bonchev–Trinajstić information content (AvgIpc) is 3.08. The van der Waals surface area contributed by atoms with Crippen LogP contribution in [-0.4, -0.2) is 27.0 Å². The summed E-state index contributed by atoms with van der Waals surface area (Å²) in [6.07, 6.45) is 0. The Hall–Kier alpha value is -2.70. The molecule has 1 aromatic carbocycles. The molecule has 3 amide bonds. The minimum Gasteiger partial charge on any atom is -0.337 e. The van der Waals surface area contributed by atoms with E-state index in [1.807, 2.05) is 45.0 Å². The first-order valence-electron chi connectivity index (χ1n) is 7.85. The van der Waals surface area contributed by atoms with Crippen molar-refractivity contribution in [2.45, 2.75) is 45.7 Å². The zero-order chi connectivity index (χ0) is 17.5. The fraction of sp³-hybridized carbons (Fsp3) is 0.412. The first-order chi connectivity index (χ1) is 11.3. The fourth-order valence-corrected chi connectivity index (χ4v) is 2.63. The van der Waals surface area contributed by atoms with Crippen LogP contribution < -0.4 is 5.32 Å². The van der Waals surface area contributed by atoms with Crippen molar-refractivity contribution in [2.75, 3.05) is 0 Å². The van der Waals surface area contributed by atoms with Gasteiger partial charge in [0.1, 0.15) is 12.1 Å². The first kappa shape index (κ1) is 16.2. The van der Waals surface area contributed by atoms with Crippen molar-refractivity contribution in [1.29, 1.82) is 0 Å². The Balaban J connectivity index is 1.84. The summed E-state index contributed by atoms with van der Waals surface area (Å²) in [6.45, 7) is 7.51. The van der Waals surface area contributed by atoms with E-state index >= 15 is 0 Å². The van der Waals surface area contributed by atoms with Gasteiger partial charge in [-0.1, -0.05) is 48.8 Å². The predicted molar refractivity (Wildman–Crippen MR) is 86.0 cm³/mol. The zero-order valence-corrected chi connectivity index (χ0v) is 14.2. The van der Waals surface area contributed by atoms with Crippen LogP contribution in [-0.2, 0) is 16.9 Å². The number of aryl methyl sites for hydroxylation is 1. The molecule has 3 rings (SSSR count). The van der Waals surface area contributed by atoms with Crippen LogP contribution in [0.4, 0.5) is 4.79 Å². The summed E-state index contributed by atoms with van der Waals surface area (Å²) in [5.74, 6) is 0.581. The van der Waals surface area contributed by atoms with E-state index in [0.29, 0.717) is 5.82 Å². The highest BCUT2D eigenvalue weighted by molar-refractivity contribution is 6.07. The lowest BCUT2D eigenvalue weighted by atomic mass is 9.91. The molecule has 0 saturated carbocycles. The maximum atomic E-state index is 12.8. The second-order valence-electron chi connectivity index (χ2n) is 6.51. The lowest BCUT2D eigenvalue weighted by Gasteiger charge is -2.22. The van der Waals surface area contributed by atoms with Gasteiger partial charge in [-0.05, 0) is 19.4 Å². The number of nitrogens with zero attached hydrogens (tertiary/aromatic N) is 3. The fourth-order valence-electron chi connectivity index (χ4n) is 2.63. The minimum atomic E-state index is -1.09. The second kappa shape index (κ2) is 5.74. The highest BCUT2D eigenvalue weighted by atomic mass is 16.5. The molecule has 0 unspecified atom stereocenters. The van der Waals surface area contributed by atoms with Gasteiger partial charge in [-0.25, -0.2) is 4.79 Å². The molecule has 1 fully saturated rings. The minimum absolute atomic E-state index is 0.0359. The molecule has 24 heavy (non-hydrogen) atoms. The first-order valence-corrected chi connectivity index (χ1v) is 7.85. The molecule has 0 bridgehead atoms. The summed E-state index contributed by atoms with van der Waals surface area (Å²) in [4.78, 5) is 30.4. The topological polar surface area (TPSA) is 88.3 Å². The molecule has 7 nitrogen and oxygen atoms in total. The number of hydrogen-bond donors (Lipinski definition) is 1. The van der Waals surface area contributed by atoms with Crippen molar-refractivity contribution >= 4 is 11.9 Å². The van der Waals surface area contributed by atoms with Crippen LogP contribution in [0.5, 0.6) is 0 Å². The number of urea groups is 1. The molecule has 1 aromatic heterocycles. The molecular weight excluding hydrogens is 308 g/mol. The molecule has 126 valence electrons. The van der Waals surface area contributed by atoms with Gasteiger partial charge in [0.2, 0.25) is 5.89 Å². The third-order valence-electron chi connectivity index (χ3n) is 4.20. The molecule has 7 heteroatoms. The van der Waals surface area contributed by atoms with Crippen LogP contribution in [0.25, 0.3) is 0 Å². The Morgan fingerprint density at radius 3 is 2.50 bits per heavy atom. The van der Waals surface area contributed by atoms with Gasteiger partial charge in [-0.15, -0.1) is 0 Å². The summed E-state index contributed by atoms with van der Waals surface area (Å²) in [7, 11) is 0. The van der Waals surface area contributed by atoms with Gasteiger partial charge in [0.25, 0.3) is 5.91 Å². The van der Waals surface area contributed by atoms with E-state index < -0.39 is 11.6 Å². The van der Waals surface area contributed by atoms with Crippen molar-refractivity contribution < 1.29 is 14.1 Å². The Labute approximate surface area is 140 Å². The molecule has 1 N–H and O–H groups in total. The Kier molecular flexibility index (Phi) is 3.87. The molecule has 2 aromatic rings. The van der Waals surface area contributed by atoms with Crippen molar-refractivity contribution in [3.05, 3.63) is 47.1 Å². The number of imide groups is 1. The van der Waals surface area contributed by atoms with Crippen LogP contribution in [0.1, 0.15) is 49.5 Å². The highest BCUT2D eigenvalue weighted by Gasteiger charge is 2.49. The van der Waals surface area contributed by atoms with Crippen molar-refractivity contribution in [3.8, 4) is 0 Å². The van der Waals surface area contributed by atoms with Gasteiger partial charge in [-0.2, -0.15) is 4.98 Å². The molecular formula is C17H20N4O3. The molecule has 0 spiro atoms. The number of benzene rings is 1. The highest BCUT2D eigenvalue weighted by Crippen LogP contribution is 2.29. The number of amides is 3. The third kappa shape index (κ3) is 2.66. The van der Waals surface area contributed by atoms with E-state index in [0.717, 1.165) is 16.0 Å². The number of rotatable bonds is 4. The Morgan fingerprint density at radius 1 is 1.25 bits per heavy atom. The van der Waals surface area contributed by atoms with E-state index in [2.05, 4.69) is 15.5 Å². The molecule has 1 saturated heterocycles. The van der Waals surface area contributed by atoms with Crippen LogP contribution in [0, 0.1) is 6.92 Å². The summed E-state index contributed by atoms with van der Waals surface area (Å²) >= 11 is 0. The number of nitrogens with one attached hydrogen (secondary N) is 1. The van der Waals surface area contributed by atoms with Gasteiger partial charge < -0.3 is 9.84 Å². The number of carbonyl (C=O) groups is 2. The predicted octanol–water partition coefficient (Wildman–Crippen LogP) is 2.47. The largest absolute Gasteiger partial charge is 0.337 e. The molecule has 1 aliphatic rings. The summed E-state index contributed by atoms with van der Waals surface area (Å²) in [6, 6.07) is 7.05. The van der Waals surface area contributed by atoms with Gasteiger partial charge in [0.15, 0.2) is 5.82 Å². The van der Waals surface area contributed by atoms with E-state index in [4.69, 9.17) is 4.52 Å². The molecule has 0 radical (unpaired) electrons. The maximum Gasteiger partial charge on any atom is 0.325 e. The van der Waals surface area contributed by atoms with Gasteiger partial charge in [0.05, 0.1) is 0 Å². The number of hydrogen-bond acceptors (Lipinski definition) is 5. The second-order valence-corrected chi connectivity index (χ2v) is 6.51.